The number of hydrogen-bond acceptors (Lipinski definition) is 2. The van der Waals surface area contributed by atoms with Crippen LogP contribution in [-0.2, 0) is 0 Å². The van der Waals surface area contributed by atoms with Crippen molar-refractivity contribution in [3.8, 4) is 6.07 Å². The molecule has 0 aliphatic rings. The summed E-state index contributed by atoms with van der Waals surface area (Å²) in [5.41, 5.74) is 2.03. The van der Waals surface area contributed by atoms with E-state index in [9.17, 15) is 0 Å². The fourth-order valence-corrected chi connectivity index (χ4v) is 1.60. The zero-order chi connectivity index (χ0) is 12.3. The summed E-state index contributed by atoms with van der Waals surface area (Å²) in [5, 5.41) is 8.87. The highest BCUT2D eigenvalue weighted by molar-refractivity contribution is 5.51. The summed E-state index contributed by atoms with van der Waals surface area (Å²) in [6.45, 7) is 8.88. The van der Waals surface area contributed by atoms with Crippen molar-refractivity contribution in [2.45, 2.75) is 33.7 Å². The van der Waals surface area contributed by atoms with Crippen molar-refractivity contribution in [1.82, 2.24) is 0 Å². The van der Waals surface area contributed by atoms with E-state index < -0.39 is 0 Å². The lowest BCUT2D eigenvalue weighted by molar-refractivity contribution is 0.330. The summed E-state index contributed by atoms with van der Waals surface area (Å²) >= 11 is 0. The van der Waals surface area contributed by atoms with Crippen molar-refractivity contribution < 1.29 is 0 Å². The van der Waals surface area contributed by atoms with E-state index in [2.05, 4.69) is 45.7 Å². The zero-order valence-corrected chi connectivity index (χ0v) is 10.8. The minimum absolute atomic E-state index is 0.220. The first-order valence-electron chi connectivity index (χ1n) is 5.59. The molecule has 0 aliphatic heterocycles. The quantitative estimate of drug-likeness (QED) is 0.757. The van der Waals surface area contributed by atoms with Crippen molar-refractivity contribution in [3.63, 3.8) is 0 Å². The maximum Gasteiger partial charge on any atom is 0.0992 e. The van der Waals surface area contributed by atoms with E-state index in [4.69, 9.17) is 5.26 Å². The Labute approximate surface area is 98.5 Å². The first-order chi connectivity index (χ1) is 7.36. The Morgan fingerprint density at radius 1 is 1.31 bits per heavy atom. The largest absolute Gasteiger partial charge is 0.371 e. The molecule has 1 aromatic rings. The predicted molar refractivity (Wildman–Crippen MR) is 68.5 cm³/mol. The van der Waals surface area contributed by atoms with Crippen molar-refractivity contribution in [2.75, 3.05) is 11.9 Å². The van der Waals surface area contributed by atoms with Crippen LogP contribution < -0.4 is 4.90 Å². The van der Waals surface area contributed by atoms with Crippen LogP contribution >= 0.6 is 0 Å². The standard InChI is InChI=1S/C14H20N2/c1-11(14(2,3)4)16(5)13-8-6-7-12(9-13)10-15/h6-9,11H,1-5H3. The summed E-state index contributed by atoms with van der Waals surface area (Å²) in [4.78, 5) is 2.22. The lowest BCUT2D eigenvalue weighted by Gasteiger charge is -2.37. The van der Waals surface area contributed by atoms with Gasteiger partial charge < -0.3 is 4.90 Å². The number of benzene rings is 1. The van der Waals surface area contributed by atoms with Crippen molar-refractivity contribution in [2.24, 2.45) is 5.41 Å². The van der Waals surface area contributed by atoms with E-state index in [1.807, 2.05) is 24.3 Å². The van der Waals surface area contributed by atoms with E-state index in [0.29, 0.717) is 11.6 Å². The van der Waals surface area contributed by atoms with Crippen molar-refractivity contribution in [3.05, 3.63) is 29.8 Å². The second kappa shape index (κ2) is 4.57. The van der Waals surface area contributed by atoms with Gasteiger partial charge in [0.25, 0.3) is 0 Å². The van der Waals surface area contributed by atoms with Gasteiger partial charge in [0.2, 0.25) is 0 Å². The molecule has 16 heavy (non-hydrogen) atoms. The first-order valence-corrected chi connectivity index (χ1v) is 5.59. The predicted octanol–water partition coefficient (Wildman–Crippen LogP) is 3.43. The van der Waals surface area contributed by atoms with Crippen LogP contribution in [0.2, 0.25) is 0 Å². The molecule has 0 bridgehead atoms. The van der Waals surface area contributed by atoms with E-state index in [-0.39, 0.29) is 5.41 Å². The molecule has 1 aromatic carbocycles. The van der Waals surface area contributed by atoms with Gasteiger partial charge in [-0.2, -0.15) is 5.26 Å². The van der Waals surface area contributed by atoms with Crippen LogP contribution in [0.1, 0.15) is 33.3 Å². The molecular formula is C14H20N2. The third-order valence-electron chi connectivity index (χ3n) is 3.22. The number of anilines is 1. The molecular weight excluding hydrogens is 196 g/mol. The van der Waals surface area contributed by atoms with Gasteiger partial charge in [0.15, 0.2) is 0 Å². The molecule has 86 valence electrons. The molecule has 1 atom stereocenters. The Morgan fingerprint density at radius 2 is 1.94 bits per heavy atom. The van der Waals surface area contributed by atoms with Crippen LogP contribution in [0, 0.1) is 16.7 Å². The molecule has 0 N–H and O–H groups in total. The topological polar surface area (TPSA) is 27.0 Å². The third-order valence-corrected chi connectivity index (χ3v) is 3.22. The molecule has 1 unspecified atom stereocenters. The fourth-order valence-electron chi connectivity index (χ4n) is 1.60. The number of hydrogen-bond donors (Lipinski definition) is 0. The minimum Gasteiger partial charge on any atom is -0.371 e. The summed E-state index contributed by atoms with van der Waals surface area (Å²) in [7, 11) is 2.08. The summed E-state index contributed by atoms with van der Waals surface area (Å²) < 4.78 is 0. The van der Waals surface area contributed by atoms with Crippen LogP contribution in [0.3, 0.4) is 0 Å². The highest BCUT2D eigenvalue weighted by Crippen LogP contribution is 2.27. The monoisotopic (exact) mass is 216 g/mol. The Morgan fingerprint density at radius 3 is 2.44 bits per heavy atom. The SMILES string of the molecule is CC(N(C)c1cccc(C#N)c1)C(C)(C)C. The molecule has 0 heterocycles. The molecule has 2 nitrogen and oxygen atoms in total. The van der Waals surface area contributed by atoms with E-state index >= 15 is 0 Å². The molecule has 0 saturated heterocycles. The van der Waals surface area contributed by atoms with E-state index in [0.717, 1.165) is 5.69 Å². The van der Waals surface area contributed by atoms with Gasteiger partial charge in [-0.1, -0.05) is 26.8 Å². The highest BCUT2D eigenvalue weighted by atomic mass is 15.1. The Balaban J connectivity index is 2.97. The summed E-state index contributed by atoms with van der Waals surface area (Å²) in [6, 6.07) is 10.3. The van der Waals surface area contributed by atoms with Crippen molar-refractivity contribution >= 4 is 5.69 Å². The van der Waals surface area contributed by atoms with Crippen LogP contribution in [0.15, 0.2) is 24.3 Å². The molecule has 0 spiro atoms. The van der Waals surface area contributed by atoms with Gasteiger partial charge in [0, 0.05) is 18.8 Å². The highest BCUT2D eigenvalue weighted by Gasteiger charge is 2.24. The van der Waals surface area contributed by atoms with Crippen LogP contribution in [-0.4, -0.2) is 13.1 Å². The smallest absolute Gasteiger partial charge is 0.0992 e. The molecule has 0 aliphatic carbocycles. The van der Waals surface area contributed by atoms with Crippen LogP contribution in [0.4, 0.5) is 5.69 Å². The fraction of sp³-hybridized carbons (Fsp3) is 0.500. The van der Waals surface area contributed by atoms with Crippen molar-refractivity contribution in [1.29, 1.82) is 5.26 Å². The third kappa shape index (κ3) is 2.76. The second-order valence-electron chi connectivity index (χ2n) is 5.32. The maximum absolute atomic E-state index is 8.87. The zero-order valence-electron chi connectivity index (χ0n) is 10.8. The molecule has 2 heteroatoms. The van der Waals surface area contributed by atoms with Gasteiger partial charge in [-0.3, -0.25) is 0 Å². The van der Waals surface area contributed by atoms with Gasteiger partial charge >= 0.3 is 0 Å². The second-order valence-corrected chi connectivity index (χ2v) is 5.32. The van der Waals surface area contributed by atoms with Crippen LogP contribution in [0.5, 0.6) is 0 Å². The number of rotatable bonds is 2. The number of nitriles is 1. The average Bonchev–Trinajstić information content (AvgIpc) is 2.26. The Kier molecular flexibility index (Phi) is 3.59. The molecule has 0 saturated carbocycles. The Bertz CT molecular complexity index is 396. The summed E-state index contributed by atoms with van der Waals surface area (Å²) in [5.74, 6) is 0. The van der Waals surface area contributed by atoms with Gasteiger partial charge in [-0.15, -0.1) is 0 Å². The lowest BCUT2D eigenvalue weighted by atomic mass is 9.87. The first kappa shape index (κ1) is 12.6. The minimum atomic E-state index is 0.220. The Hall–Kier alpha value is -1.49. The van der Waals surface area contributed by atoms with E-state index in [1.165, 1.54) is 0 Å². The van der Waals surface area contributed by atoms with Gasteiger partial charge in [0.1, 0.15) is 0 Å². The van der Waals surface area contributed by atoms with Gasteiger partial charge in [-0.25, -0.2) is 0 Å². The average molecular weight is 216 g/mol. The lowest BCUT2D eigenvalue weighted by Crippen LogP contribution is -2.39. The molecule has 0 aromatic heterocycles. The molecule has 0 radical (unpaired) electrons. The maximum atomic E-state index is 8.87. The molecule has 1 rings (SSSR count). The summed E-state index contributed by atoms with van der Waals surface area (Å²) in [6.07, 6.45) is 0. The van der Waals surface area contributed by atoms with Crippen LogP contribution in [0.25, 0.3) is 0 Å². The van der Waals surface area contributed by atoms with Gasteiger partial charge in [0.05, 0.1) is 11.6 Å². The molecule has 0 fully saturated rings. The normalized spacial score (nSPS) is 13.0. The van der Waals surface area contributed by atoms with Gasteiger partial charge in [-0.05, 0) is 30.5 Å². The molecule has 0 amide bonds. The number of nitrogens with zero attached hydrogens (tertiary/aromatic N) is 2. The van der Waals surface area contributed by atoms with E-state index in [1.54, 1.807) is 0 Å².